The molecular weight excluding hydrogens is 204 g/mol. The van der Waals surface area contributed by atoms with Gasteiger partial charge in [0.05, 0.1) is 13.5 Å². The average molecular weight is 220 g/mol. The zero-order valence-electron chi connectivity index (χ0n) is 9.40. The maximum Gasteiger partial charge on any atom is 0.303 e. The van der Waals surface area contributed by atoms with Crippen LogP contribution in [0.5, 0.6) is 5.75 Å². The highest BCUT2D eigenvalue weighted by Crippen LogP contribution is 2.35. The number of methoxy groups -OCH3 is 1. The molecule has 0 bridgehead atoms. The molecule has 0 fully saturated rings. The molecule has 1 atom stereocenters. The van der Waals surface area contributed by atoms with E-state index in [9.17, 15) is 4.79 Å². The first kappa shape index (κ1) is 11.0. The zero-order chi connectivity index (χ0) is 11.5. The van der Waals surface area contributed by atoms with E-state index in [1.165, 1.54) is 11.1 Å². The summed E-state index contributed by atoms with van der Waals surface area (Å²) in [6.07, 6.45) is 3.31. The van der Waals surface area contributed by atoms with Gasteiger partial charge in [-0.15, -0.1) is 0 Å². The Morgan fingerprint density at radius 3 is 3.06 bits per heavy atom. The van der Waals surface area contributed by atoms with Gasteiger partial charge in [-0.3, -0.25) is 4.79 Å². The third-order valence-corrected chi connectivity index (χ3v) is 3.21. The maximum atomic E-state index is 10.8. The van der Waals surface area contributed by atoms with E-state index in [4.69, 9.17) is 9.84 Å². The van der Waals surface area contributed by atoms with Crippen molar-refractivity contribution in [3.05, 3.63) is 29.3 Å². The standard InChI is InChI=1S/C13H16O3/c1-16-11-5-6-12-9(7-11)3-2-4-10(12)8-13(14)15/h5-7,10H,2-4,8H2,1H3,(H,14,15)/t10-/m0/s1. The van der Waals surface area contributed by atoms with Crippen LogP contribution in [-0.2, 0) is 11.2 Å². The summed E-state index contributed by atoms with van der Waals surface area (Å²) < 4.78 is 5.18. The molecule has 0 heterocycles. The fraction of sp³-hybridized carbons (Fsp3) is 0.462. The molecule has 1 aliphatic carbocycles. The maximum absolute atomic E-state index is 10.8. The highest BCUT2D eigenvalue weighted by molar-refractivity contribution is 5.68. The zero-order valence-corrected chi connectivity index (χ0v) is 9.40. The predicted molar refractivity (Wildman–Crippen MR) is 60.9 cm³/mol. The Morgan fingerprint density at radius 1 is 1.56 bits per heavy atom. The van der Waals surface area contributed by atoms with Crippen LogP contribution in [0.3, 0.4) is 0 Å². The van der Waals surface area contributed by atoms with E-state index in [1.54, 1.807) is 7.11 Å². The average Bonchev–Trinajstić information content (AvgIpc) is 2.28. The molecule has 1 N–H and O–H groups in total. The largest absolute Gasteiger partial charge is 0.497 e. The molecule has 0 amide bonds. The Labute approximate surface area is 95.0 Å². The van der Waals surface area contributed by atoms with Gasteiger partial charge in [-0.1, -0.05) is 6.07 Å². The molecule has 86 valence electrons. The van der Waals surface area contributed by atoms with Gasteiger partial charge in [0.2, 0.25) is 0 Å². The van der Waals surface area contributed by atoms with Gasteiger partial charge in [-0.25, -0.2) is 0 Å². The number of hydrogen-bond acceptors (Lipinski definition) is 2. The summed E-state index contributed by atoms with van der Waals surface area (Å²) >= 11 is 0. The summed E-state index contributed by atoms with van der Waals surface area (Å²) in [6, 6.07) is 5.96. The Kier molecular flexibility index (Phi) is 3.13. The second-order valence-electron chi connectivity index (χ2n) is 4.25. The van der Waals surface area contributed by atoms with Crippen LogP contribution in [0, 0.1) is 0 Å². The second kappa shape index (κ2) is 4.56. The van der Waals surface area contributed by atoms with Crippen LogP contribution in [0.2, 0.25) is 0 Å². The molecule has 1 aromatic carbocycles. The lowest BCUT2D eigenvalue weighted by atomic mass is 9.81. The highest BCUT2D eigenvalue weighted by Gasteiger charge is 2.22. The molecule has 0 aliphatic heterocycles. The van der Waals surface area contributed by atoms with Gasteiger partial charge in [-0.05, 0) is 48.4 Å². The minimum Gasteiger partial charge on any atom is -0.497 e. The third kappa shape index (κ3) is 2.18. The molecule has 1 aromatic rings. The number of fused-ring (bicyclic) bond motifs is 1. The van der Waals surface area contributed by atoms with E-state index in [0.29, 0.717) is 0 Å². The first-order valence-electron chi connectivity index (χ1n) is 5.59. The second-order valence-corrected chi connectivity index (χ2v) is 4.25. The van der Waals surface area contributed by atoms with E-state index >= 15 is 0 Å². The Balaban J connectivity index is 2.28. The van der Waals surface area contributed by atoms with Crippen LogP contribution in [-0.4, -0.2) is 18.2 Å². The lowest BCUT2D eigenvalue weighted by Gasteiger charge is -2.24. The summed E-state index contributed by atoms with van der Waals surface area (Å²) in [7, 11) is 1.65. The quantitative estimate of drug-likeness (QED) is 0.851. The van der Waals surface area contributed by atoms with E-state index in [1.807, 2.05) is 18.2 Å². The van der Waals surface area contributed by atoms with Crippen molar-refractivity contribution in [2.24, 2.45) is 0 Å². The number of rotatable bonds is 3. The molecule has 3 heteroatoms. The first-order chi connectivity index (χ1) is 7.70. The summed E-state index contributed by atoms with van der Waals surface area (Å²) in [5.74, 6) is 0.315. The molecule has 3 nitrogen and oxygen atoms in total. The fourth-order valence-corrected chi connectivity index (χ4v) is 2.44. The van der Waals surface area contributed by atoms with Crippen LogP contribution < -0.4 is 4.74 Å². The predicted octanol–water partition coefficient (Wildman–Crippen LogP) is 2.59. The van der Waals surface area contributed by atoms with Crippen molar-refractivity contribution in [1.82, 2.24) is 0 Å². The fourth-order valence-electron chi connectivity index (χ4n) is 2.44. The minimum absolute atomic E-state index is 0.173. The topological polar surface area (TPSA) is 46.5 Å². The number of hydrogen-bond donors (Lipinski definition) is 1. The number of aryl methyl sites for hydroxylation is 1. The minimum atomic E-state index is -0.714. The van der Waals surface area contributed by atoms with Crippen molar-refractivity contribution in [1.29, 1.82) is 0 Å². The number of ether oxygens (including phenoxy) is 1. The van der Waals surface area contributed by atoms with Gasteiger partial charge >= 0.3 is 5.97 Å². The van der Waals surface area contributed by atoms with Crippen molar-refractivity contribution < 1.29 is 14.6 Å². The van der Waals surface area contributed by atoms with E-state index < -0.39 is 5.97 Å². The summed E-state index contributed by atoms with van der Waals surface area (Å²) in [5, 5.41) is 8.87. The molecular formula is C13H16O3. The smallest absolute Gasteiger partial charge is 0.303 e. The lowest BCUT2D eigenvalue weighted by molar-refractivity contribution is -0.137. The van der Waals surface area contributed by atoms with Crippen molar-refractivity contribution >= 4 is 5.97 Å². The van der Waals surface area contributed by atoms with Gasteiger partial charge in [0.1, 0.15) is 5.75 Å². The Bertz CT molecular complexity index is 398. The van der Waals surface area contributed by atoms with Crippen molar-refractivity contribution in [2.45, 2.75) is 31.6 Å². The molecule has 16 heavy (non-hydrogen) atoms. The molecule has 0 aromatic heterocycles. The van der Waals surface area contributed by atoms with Gasteiger partial charge in [0, 0.05) is 0 Å². The van der Waals surface area contributed by atoms with Crippen molar-refractivity contribution in [3.8, 4) is 5.75 Å². The molecule has 0 radical (unpaired) electrons. The number of carboxylic acid groups (broad SMARTS) is 1. The van der Waals surface area contributed by atoms with Crippen LogP contribution >= 0.6 is 0 Å². The highest BCUT2D eigenvalue weighted by atomic mass is 16.5. The van der Waals surface area contributed by atoms with Gasteiger partial charge in [0.25, 0.3) is 0 Å². The molecule has 1 aliphatic rings. The van der Waals surface area contributed by atoms with Crippen molar-refractivity contribution in [3.63, 3.8) is 0 Å². The lowest BCUT2D eigenvalue weighted by Crippen LogP contribution is -2.13. The number of aliphatic carboxylic acids is 1. The Hall–Kier alpha value is -1.51. The molecule has 2 rings (SSSR count). The van der Waals surface area contributed by atoms with Crippen LogP contribution in [0.4, 0.5) is 0 Å². The summed E-state index contributed by atoms with van der Waals surface area (Å²) in [4.78, 5) is 10.8. The van der Waals surface area contributed by atoms with Crippen LogP contribution in [0.1, 0.15) is 36.3 Å². The summed E-state index contributed by atoms with van der Waals surface area (Å²) in [6.45, 7) is 0. The van der Waals surface area contributed by atoms with Crippen LogP contribution in [0.25, 0.3) is 0 Å². The van der Waals surface area contributed by atoms with Gasteiger partial charge in [-0.2, -0.15) is 0 Å². The normalized spacial score (nSPS) is 18.9. The SMILES string of the molecule is COc1ccc2c(c1)CCC[C@H]2CC(=O)O. The molecule has 0 spiro atoms. The third-order valence-electron chi connectivity index (χ3n) is 3.21. The monoisotopic (exact) mass is 220 g/mol. The molecule has 0 saturated carbocycles. The van der Waals surface area contributed by atoms with E-state index in [2.05, 4.69) is 0 Å². The van der Waals surface area contributed by atoms with Crippen LogP contribution in [0.15, 0.2) is 18.2 Å². The molecule has 0 saturated heterocycles. The summed E-state index contributed by atoms with van der Waals surface area (Å²) in [5.41, 5.74) is 2.44. The molecule has 0 unspecified atom stereocenters. The first-order valence-corrected chi connectivity index (χ1v) is 5.59. The van der Waals surface area contributed by atoms with Crippen molar-refractivity contribution in [2.75, 3.05) is 7.11 Å². The van der Waals surface area contributed by atoms with Gasteiger partial charge < -0.3 is 9.84 Å². The number of benzene rings is 1. The van der Waals surface area contributed by atoms with Gasteiger partial charge in [0.15, 0.2) is 0 Å². The van der Waals surface area contributed by atoms with E-state index in [0.717, 1.165) is 25.0 Å². The number of carboxylic acids is 1. The number of carbonyl (C=O) groups is 1. The van der Waals surface area contributed by atoms with E-state index in [-0.39, 0.29) is 12.3 Å². The Morgan fingerprint density at radius 2 is 2.38 bits per heavy atom.